The van der Waals surface area contributed by atoms with E-state index in [0.29, 0.717) is 28.4 Å². The fourth-order valence-corrected chi connectivity index (χ4v) is 5.49. The Morgan fingerprint density at radius 1 is 0.955 bits per heavy atom. The van der Waals surface area contributed by atoms with Crippen molar-refractivity contribution in [1.82, 2.24) is 20.7 Å². The lowest BCUT2D eigenvalue weighted by molar-refractivity contribution is -0.135. The first-order valence-electron chi connectivity index (χ1n) is 14.2. The normalized spacial score (nSPS) is 19.9. The van der Waals surface area contributed by atoms with Crippen molar-refractivity contribution in [3.05, 3.63) is 65.4 Å². The van der Waals surface area contributed by atoms with Crippen LogP contribution in [0.1, 0.15) is 63.5 Å². The summed E-state index contributed by atoms with van der Waals surface area (Å²) in [6.45, 7) is 10.4. The van der Waals surface area contributed by atoms with Crippen LogP contribution in [0.2, 0.25) is 0 Å². The van der Waals surface area contributed by atoms with Gasteiger partial charge in [-0.05, 0) is 71.4 Å². The molecule has 12 nitrogen and oxygen atoms in total. The van der Waals surface area contributed by atoms with E-state index >= 15 is 0 Å². The largest absolute Gasteiger partial charge is 0.493 e. The van der Waals surface area contributed by atoms with E-state index in [1.807, 2.05) is 13.8 Å². The molecule has 0 spiro atoms. The number of nitrogens with one attached hydrogen (secondary N) is 2. The van der Waals surface area contributed by atoms with Crippen LogP contribution in [0, 0.1) is 0 Å². The van der Waals surface area contributed by atoms with Crippen molar-refractivity contribution in [2.24, 2.45) is 0 Å². The Labute approximate surface area is 257 Å². The summed E-state index contributed by atoms with van der Waals surface area (Å²) in [5.41, 5.74) is -0.582. The lowest BCUT2D eigenvalue weighted by Crippen LogP contribution is -2.55. The Morgan fingerprint density at radius 2 is 1.55 bits per heavy atom. The Hall–Kier alpha value is -4.58. The first-order valence-corrected chi connectivity index (χ1v) is 14.2. The summed E-state index contributed by atoms with van der Waals surface area (Å²) < 4.78 is 22.0. The number of hydrogen-bond donors (Lipinski definition) is 2. The minimum atomic E-state index is -1.02. The second kappa shape index (κ2) is 12.2. The summed E-state index contributed by atoms with van der Waals surface area (Å²) in [6.07, 6.45) is 0.713. The van der Waals surface area contributed by atoms with Gasteiger partial charge in [0.05, 0.1) is 39.0 Å². The van der Waals surface area contributed by atoms with Gasteiger partial charge in [0.15, 0.2) is 17.3 Å². The van der Waals surface area contributed by atoms with Crippen LogP contribution < -0.4 is 24.8 Å². The van der Waals surface area contributed by atoms with E-state index in [4.69, 9.17) is 18.9 Å². The van der Waals surface area contributed by atoms with E-state index in [0.717, 1.165) is 0 Å². The first-order chi connectivity index (χ1) is 20.6. The van der Waals surface area contributed by atoms with Crippen molar-refractivity contribution in [2.75, 3.05) is 21.3 Å². The lowest BCUT2D eigenvalue weighted by Gasteiger charge is -2.39. The Morgan fingerprint density at radius 3 is 2.07 bits per heavy atom. The van der Waals surface area contributed by atoms with Crippen molar-refractivity contribution >= 4 is 23.7 Å². The quantitative estimate of drug-likeness (QED) is 0.436. The van der Waals surface area contributed by atoms with Crippen LogP contribution >= 0.6 is 0 Å². The molecule has 2 aromatic rings. The molecular weight excluding hydrogens is 568 g/mol. The number of benzene rings is 2. The number of hydrazine groups is 1. The van der Waals surface area contributed by atoms with Crippen LogP contribution in [0.4, 0.5) is 4.79 Å². The number of methoxy groups -OCH3 is 3. The van der Waals surface area contributed by atoms with Gasteiger partial charge in [-0.3, -0.25) is 14.4 Å². The number of carbonyl (C=O) groups excluding carboxylic acids is 4. The van der Waals surface area contributed by atoms with Gasteiger partial charge in [0.1, 0.15) is 11.6 Å². The number of rotatable bonds is 9. The van der Waals surface area contributed by atoms with Gasteiger partial charge in [0.25, 0.3) is 11.8 Å². The zero-order valence-electron chi connectivity index (χ0n) is 26.5. The maximum absolute atomic E-state index is 14.0. The number of nitrogens with zero attached hydrogens (tertiary/aromatic N) is 2. The van der Waals surface area contributed by atoms with Gasteiger partial charge in [-0.25, -0.2) is 9.80 Å². The number of hydrogen-bond acceptors (Lipinski definition) is 9. The Kier molecular flexibility index (Phi) is 8.96. The van der Waals surface area contributed by atoms with Crippen LogP contribution in [0.15, 0.2) is 54.2 Å². The number of ketones is 1. The Balaban J connectivity index is 1.78. The second-order valence-electron chi connectivity index (χ2n) is 12.1. The maximum Gasteiger partial charge on any atom is 0.408 e. The van der Waals surface area contributed by atoms with Crippen LogP contribution in [0.25, 0.3) is 0 Å². The highest BCUT2D eigenvalue weighted by Gasteiger charge is 2.59. The van der Waals surface area contributed by atoms with Crippen LogP contribution in [-0.4, -0.2) is 78.3 Å². The fraction of sp³-hybridized carbons (Fsp3) is 0.438. The molecule has 1 saturated heterocycles. The van der Waals surface area contributed by atoms with E-state index in [1.165, 1.54) is 32.5 Å². The van der Waals surface area contributed by atoms with Gasteiger partial charge >= 0.3 is 6.09 Å². The zero-order valence-corrected chi connectivity index (χ0v) is 26.5. The van der Waals surface area contributed by atoms with Gasteiger partial charge < -0.3 is 29.6 Å². The third-order valence-electron chi connectivity index (χ3n) is 7.53. The molecule has 3 amide bonds. The predicted molar refractivity (Wildman–Crippen MR) is 161 cm³/mol. The van der Waals surface area contributed by atoms with Crippen LogP contribution in [-0.2, 0) is 14.3 Å². The molecule has 2 aromatic carbocycles. The van der Waals surface area contributed by atoms with Gasteiger partial charge in [0, 0.05) is 17.3 Å². The lowest BCUT2D eigenvalue weighted by atomic mass is 9.87. The molecule has 2 heterocycles. The molecule has 236 valence electrons. The summed E-state index contributed by atoms with van der Waals surface area (Å²) in [5.74, 6) is -0.201. The molecule has 2 aliphatic rings. The molecule has 44 heavy (non-hydrogen) atoms. The minimum absolute atomic E-state index is 0.233. The van der Waals surface area contributed by atoms with Crippen molar-refractivity contribution < 1.29 is 38.1 Å². The number of ether oxygens (including phenoxy) is 4. The van der Waals surface area contributed by atoms with Gasteiger partial charge in [-0.1, -0.05) is 18.2 Å². The van der Waals surface area contributed by atoms with E-state index in [1.54, 1.807) is 75.2 Å². The van der Waals surface area contributed by atoms with E-state index < -0.39 is 53.0 Å². The number of Topliss-reactive ketones (excluding diaryl/α,β-unsaturated/α-hetero) is 1. The summed E-state index contributed by atoms with van der Waals surface area (Å²) in [7, 11) is 4.45. The Bertz CT molecular complexity index is 1460. The molecule has 0 unspecified atom stereocenters. The summed E-state index contributed by atoms with van der Waals surface area (Å²) in [5, 5.41) is 8.59. The molecule has 3 atom stereocenters. The molecule has 0 saturated carbocycles. The third kappa shape index (κ3) is 6.07. The van der Waals surface area contributed by atoms with Gasteiger partial charge in [0.2, 0.25) is 5.75 Å². The van der Waals surface area contributed by atoms with Crippen molar-refractivity contribution in [2.45, 2.75) is 70.8 Å². The monoisotopic (exact) mass is 608 g/mol. The summed E-state index contributed by atoms with van der Waals surface area (Å²) >= 11 is 0. The van der Waals surface area contributed by atoms with Crippen molar-refractivity contribution in [1.29, 1.82) is 0 Å². The molecule has 2 N–H and O–H groups in total. The minimum Gasteiger partial charge on any atom is -0.493 e. The standard InChI is InChI=1S/C32H40N4O8/c1-18(33-30(40)44-31(2,3)4)25(37)21-17-35-29(39)27(34-28(38)19-13-11-10-12-14-19)32(5,6)36(35)24(21)20-15-22(41-7)26(43-9)23(16-20)42-8/h10-18,24,27H,1-9H3,(H,33,40)(H,34,38)/t18-,24+,27+/m0/s1. The molecule has 12 heteroatoms. The molecule has 0 bridgehead atoms. The molecule has 1 fully saturated rings. The maximum atomic E-state index is 14.0. The predicted octanol–water partition coefficient (Wildman–Crippen LogP) is 3.77. The summed E-state index contributed by atoms with van der Waals surface area (Å²) in [6, 6.07) is 9.24. The highest BCUT2D eigenvalue weighted by Crippen LogP contribution is 2.50. The molecule has 2 aliphatic heterocycles. The zero-order chi connectivity index (χ0) is 32.6. The van der Waals surface area contributed by atoms with Gasteiger partial charge in [-0.15, -0.1) is 0 Å². The topological polar surface area (TPSA) is 136 Å². The number of amides is 3. The molecule has 0 aliphatic carbocycles. The average molecular weight is 609 g/mol. The molecular formula is C32H40N4O8. The van der Waals surface area contributed by atoms with Crippen LogP contribution in [0.3, 0.4) is 0 Å². The molecule has 4 rings (SSSR count). The van der Waals surface area contributed by atoms with E-state index in [-0.39, 0.29) is 5.57 Å². The van der Waals surface area contributed by atoms with Crippen molar-refractivity contribution in [3.63, 3.8) is 0 Å². The smallest absolute Gasteiger partial charge is 0.408 e. The third-order valence-corrected chi connectivity index (χ3v) is 7.53. The number of carbonyl (C=O) groups is 4. The fourth-order valence-electron chi connectivity index (χ4n) is 5.49. The van der Waals surface area contributed by atoms with E-state index in [2.05, 4.69) is 10.6 Å². The van der Waals surface area contributed by atoms with E-state index in [9.17, 15) is 19.2 Å². The second-order valence-corrected chi connectivity index (χ2v) is 12.1. The van der Waals surface area contributed by atoms with Gasteiger partial charge in [-0.2, -0.15) is 5.01 Å². The SMILES string of the molecule is COc1cc([C@@H]2C(C(=O)[C@H](C)NC(=O)OC(C)(C)C)=CN3C(=O)[C@@H](NC(=O)c4ccccc4)C(C)(C)N23)cc(OC)c1OC. The van der Waals surface area contributed by atoms with Crippen molar-refractivity contribution in [3.8, 4) is 17.2 Å². The average Bonchev–Trinajstić information content (AvgIpc) is 3.46. The molecule has 0 radical (unpaired) electrons. The first kappa shape index (κ1) is 32.3. The molecule has 0 aromatic heterocycles. The van der Waals surface area contributed by atoms with Crippen LogP contribution in [0.5, 0.6) is 17.2 Å². The highest BCUT2D eigenvalue weighted by atomic mass is 16.6. The highest BCUT2D eigenvalue weighted by molar-refractivity contribution is 6.04. The summed E-state index contributed by atoms with van der Waals surface area (Å²) in [4.78, 5) is 53.6. The number of fused-ring (bicyclic) bond motifs is 1. The number of alkyl carbamates (subject to hydrolysis) is 1.